The highest BCUT2D eigenvalue weighted by Crippen LogP contribution is 2.28. The fraction of sp³-hybridized carbons (Fsp3) is 0.278. The van der Waals surface area contributed by atoms with Crippen LogP contribution in [0.4, 0.5) is 5.82 Å². The van der Waals surface area contributed by atoms with Crippen LogP contribution in [0.3, 0.4) is 0 Å². The molecule has 11 heteroatoms. The Hall–Kier alpha value is -3.89. The second-order valence-electron chi connectivity index (χ2n) is 5.78. The van der Waals surface area contributed by atoms with Crippen LogP contribution in [0.25, 0.3) is 11.1 Å². The number of aromatic nitrogens is 2. The van der Waals surface area contributed by atoms with Crippen molar-refractivity contribution < 1.29 is 32.7 Å². The highest BCUT2D eigenvalue weighted by Gasteiger charge is 2.24. The van der Waals surface area contributed by atoms with Gasteiger partial charge < -0.3 is 29.4 Å². The Morgan fingerprint density at radius 3 is 2.72 bits per heavy atom. The molecule has 0 radical (unpaired) electrons. The van der Waals surface area contributed by atoms with Crippen LogP contribution in [-0.2, 0) is 20.9 Å². The van der Waals surface area contributed by atoms with E-state index in [9.17, 15) is 14.4 Å². The monoisotopic (exact) mass is 402 g/mol. The van der Waals surface area contributed by atoms with E-state index in [1.54, 1.807) is 19.9 Å². The predicted octanol–water partition coefficient (Wildman–Crippen LogP) is 1.36. The number of carbonyl (C=O) groups is 3. The second kappa shape index (κ2) is 8.42. The lowest BCUT2D eigenvalue weighted by Crippen LogP contribution is -2.30. The summed E-state index contributed by atoms with van der Waals surface area (Å²) in [6, 6.07) is 3.01. The van der Waals surface area contributed by atoms with Crippen LogP contribution in [0.5, 0.6) is 0 Å². The fourth-order valence-corrected chi connectivity index (χ4v) is 2.54. The molecule has 11 nitrogen and oxygen atoms in total. The summed E-state index contributed by atoms with van der Waals surface area (Å²) in [4.78, 5) is 43.8. The number of anilines is 1. The Morgan fingerprint density at radius 1 is 1.24 bits per heavy atom. The van der Waals surface area contributed by atoms with E-state index in [-0.39, 0.29) is 59.6 Å². The molecule has 3 heterocycles. The normalized spacial score (nSPS) is 10.7. The zero-order chi connectivity index (χ0) is 21.0. The number of hydrogen-bond donors (Lipinski definition) is 2. The molecule has 0 unspecified atom stereocenters. The van der Waals surface area contributed by atoms with Gasteiger partial charge in [0.2, 0.25) is 5.71 Å². The van der Waals surface area contributed by atoms with E-state index >= 15 is 0 Å². The first-order valence-corrected chi connectivity index (χ1v) is 8.60. The van der Waals surface area contributed by atoms with Gasteiger partial charge in [-0.05, 0) is 26.0 Å². The zero-order valence-corrected chi connectivity index (χ0v) is 15.7. The predicted molar refractivity (Wildman–Crippen MR) is 97.7 cm³/mol. The van der Waals surface area contributed by atoms with Crippen molar-refractivity contribution in [3.8, 4) is 0 Å². The second-order valence-corrected chi connectivity index (χ2v) is 5.78. The van der Waals surface area contributed by atoms with Crippen molar-refractivity contribution in [3.63, 3.8) is 0 Å². The summed E-state index contributed by atoms with van der Waals surface area (Å²) in [7, 11) is 0. The molecule has 3 aromatic rings. The van der Waals surface area contributed by atoms with E-state index in [1.165, 1.54) is 12.3 Å². The van der Waals surface area contributed by atoms with Crippen LogP contribution in [0.2, 0.25) is 0 Å². The van der Waals surface area contributed by atoms with Crippen molar-refractivity contribution >= 4 is 34.8 Å². The number of furan rings is 2. The number of hydrogen-bond acceptors (Lipinski definition) is 10. The molecule has 0 atom stereocenters. The number of nitrogens with one attached hydrogen (secondary N) is 1. The van der Waals surface area contributed by atoms with Crippen molar-refractivity contribution in [1.82, 2.24) is 15.3 Å². The summed E-state index contributed by atoms with van der Waals surface area (Å²) >= 11 is 0. The Labute approximate surface area is 164 Å². The molecule has 0 aliphatic rings. The third-order valence-electron chi connectivity index (χ3n) is 3.78. The number of carbonyl (C=O) groups excluding carboxylic acids is 3. The maximum Gasteiger partial charge on any atom is 0.342 e. The zero-order valence-electron chi connectivity index (χ0n) is 15.7. The van der Waals surface area contributed by atoms with Gasteiger partial charge in [0.25, 0.3) is 5.91 Å². The highest BCUT2D eigenvalue weighted by molar-refractivity contribution is 6.07. The lowest BCUT2D eigenvalue weighted by atomic mass is 10.2. The smallest absolute Gasteiger partial charge is 0.342 e. The third kappa shape index (κ3) is 4.34. The first-order valence-electron chi connectivity index (χ1n) is 8.60. The number of fused-ring (bicyclic) bond motifs is 1. The van der Waals surface area contributed by atoms with E-state index < -0.39 is 17.8 Å². The molecule has 29 heavy (non-hydrogen) atoms. The summed E-state index contributed by atoms with van der Waals surface area (Å²) in [5, 5.41) is 2.59. The topological polar surface area (TPSA) is 160 Å². The molecule has 3 rings (SSSR count). The van der Waals surface area contributed by atoms with Crippen LogP contribution in [0, 0.1) is 6.92 Å². The quantitative estimate of drug-likeness (QED) is 0.552. The Balaban J connectivity index is 1.65. The number of esters is 2. The molecule has 0 saturated carbocycles. The van der Waals surface area contributed by atoms with Crippen LogP contribution in [-0.4, -0.2) is 41.0 Å². The number of ether oxygens (including phenoxy) is 2. The summed E-state index contributed by atoms with van der Waals surface area (Å²) < 4.78 is 20.4. The average molecular weight is 402 g/mol. The summed E-state index contributed by atoms with van der Waals surface area (Å²) in [5.41, 5.74) is 6.17. The van der Waals surface area contributed by atoms with E-state index in [4.69, 9.17) is 24.0 Å². The van der Waals surface area contributed by atoms with Crippen molar-refractivity contribution in [1.29, 1.82) is 0 Å². The van der Waals surface area contributed by atoms with Gasteiger partial charge in [0.05, 0.1) is 18.3 Å². The van der Waals surface area contributed by atoms with Gasteiger partial charge in [0.1, 0.15) is 23.7 Å². The summed E-state index contributed by atoms with van der Waals surface area (Å²) in [6.07, 6.45) is 1.34. The molecule has 152 valence electrons. The first-order chi connectivity index (χ1) is 13.9. The number of nitrogens with zero attached hydrogens (tertiary/aromatic N) is 2. The molecule has 0 aliphatic heterocycles. The maximum atomic E-state index is 12.1. The summed E-state index contributed by atoms with van der Waals surface area (Å²) in [6.45, 7) is 2.78. The van der Waals surface area contributed by atoms with Gasteiger partial charge in [-0.1, -0.05) is 0 Å². The molecule has 0 bridgehead atoms. The van der Waals surface area contributed by atoms with Gasteiger partial charge in [0, 0.05) is 0 Å². The maximum absolute atomic E-state index is 12.1. The van der Waals surface area contributed by atoms with E-state index in [0.717, 1.165) is 0 Å². The first kappa shape index (κ1) is 19.9. The number of aryl methyl sites for hydroxylation is 1. The van der Waals surface area contributed by atoms with Gasteiger partial charge in [-0.3, -0.25) is 9.59 Å². The molecule has 3 N–H and O–H groups in total. The van der Waals surface area contributed by atoms with E-state index in [2.05, 4.69) is 15.3 Å². The largest absolute Gasteiger partial charge is 0.462 e. The lowest BCUT2D eigenvalue weighted by Gasteiger charge is -2.06. The molecule has 0 saturated heterocycles. The molecular formula is C18H18N4O7. The van der Waals surface area contributed by atoms with Crippen LogP contribution in [0.15, 0.2) is 27.2 Å². The minimum atomic E-state index is -0.713. The van der Waals surface area contributed by atoms with Crippen LogP contribution >= 0.6 is 0 Å². The molecule has 1 amide bonds. The SMILES string of the molecule is CCOC(=O)c1c(C)oc2nc(COC(=O)CNC(=O)c3ccco3)nc(N)c12. The lowest BCUT2D eigenvalue weighted by molar-refractivity contribution is -0.143. The molecular weight excluding hydrogens is 384 g/mol. The number of nitrogen functional groups attached to an aromatic ring is 1. The Bertz CT molecular complexity index is 1060. The van der Waals surface area contributed by atoms with E-state index in [1.807, 2.05) is 0 Å². The third-order valence-corrected chi connectivity index (χ3v) is 3.78. The minimum absolute atomic E-state index is 0.00734. The molecule has 0 aliphatic carbocycles. The van der Waals surface area contributed by atoms with Crippen LogP contribution in [0.1, 0.15) is 39.4 Å². The number of amides is 1. The van der Waals surface area contributed by atoms with Gasteiger partial charge >= 0.3 is 11.9 Å². The van der Waals surface area contributed by atoms with Crippen LogP contribution < -0.4 is 11.1 Å². The van der Waals surface area contributed by atoms with Crippen molar-refractivity contribution in [3.05, 3.63) is 41.3 Å². The molecule has 0 spiro atoms. The van der Waals surface area contributed by atoms with Gasteiger partial charge in [0.15, 0.2) is 18.2 Å². The Kier molecular flexibility index (Phi) is 5.77. The minimum Gasteiger partial charge on any atom is -0.462 e. The Morgan fingerprint density at radius 2 is 2.03 bits per heavy atom. The van der Waals surface area contributed by atoms with Crippen molar-refractivity contribution in [2.75, 3.05) is 18.9 Å². The standard InChI is InChI=1S/C18H18N4O7/c1-3-26-18(25)13-9(2)29-17-14(13)15(19)21-11(22-17)8-28-12(23)7-20-16(24)10-5-4-6-27-10/h4-6H,3,7-8H2,1-2H3,(H,20,24)(H2,19,21,22). The fourth-order valence-electron chi connectivity index (χ4n) is 2.54. The van der Waals surface area contributed by atoms with Crippen molar-refractivity contribution in [2.24, 2.45) is 0 Å². The average Bonchev–Trinajstić information content (AvgIpc) is 3.32. The van der Waals surface area contributed by atoms with Gasteiger partial charge in [-0.2, -0.15) is 4.98 Å². The van der Waals surface area contributed by atoms with Crippen molar-refractivity contribution in [2.45, 2.75) is 20.5 Å². The number of rotatable bonds is 7. The molecule has 0 aromatic carbocycles. The van der Waals surface area contributed by atoms with Gasteiger partial charge in [-0.25, -0.2) is 9.78 Å². The van der Waals surface area contributed by atoms with E-state index in [0.29, 0.717) is 0 Å². The molecule has 3 aromatic heterocycles. The number of nitrogens with two attached hydrogens (primary N) is 1. The highest BCUT2D eigenvalue weighted by atomic mass is 16.5. The summed E-state index contributed by atoms with van der Waals surface area (Å²) in [5.74, 6) is -1.43. The van der Waals surface area contributed by atoms with Gasteiger partial charge in [-0.15, -0.1) is 0 Å². The molecule has 0 fully saturated rings.